The van der Waals surface area contributed by atoms with E-state index in [9.17, 15) is 4.39 Å². The molecule has 9 heteroatoms. The normalized spacial score (nSPS) is 14.9. The first-order chi connectivity index (χ1) is 14.5. The van der Waals surface area contributed by atoms with Gasteiger partial charge in [0.2, 0.25) is 5.88 Å². The first kappa shape index (κ1) is 20.6. The second kappa shape index (κ2) is 8.99. The smallest absolute Gasteiger partial charge is 0.233 e. The molecule has 7 nitrogen and oxygen atoms in total. The summed E-state index contributed by atoms with van der Waals surface area (Å²) in [7, 11) is 0. The molecule has 4 rings (SSSR count). The van der Waals surface area contributed by atoms with Crippen LogP contribution in [0.5, 0.6) is 5.88 Å². The van der Waals surface area contributed by atoms with Crippen LogP contribution >= 0.6 is 11.3 Å². The summed E-state index contributed by atoms with van der Waals surface area (Å²) in [6.45, 7) is 7.94. The monoisotopic (exact) mass is 428 g/mol. The highest BCUT2D eigenvalue weighted by Crippen LogP contribution is 2.29. The molecule has 3 aromatic rings. The fraction of sp³-hybridized carbons (Fsp3) is 0.476. The van der Waals surface area contributed by atoms with E-state index in [2.05, 4.69) is 25.1 Å². The Morgan fingerprint density at radius 2 is 1.97 bits per heavy atom. The van der Waals surface area contributed by atoms with Gasteiger partial charge in [-0.3, -0.25) is 0 Å². The molecule has 0 aliphatic carbocycles. The molecule has 0 amide bonds. The molecular weight excluding hydrogens is 403 g/mol. The Bertz CT molecular complexity index is 1000. The molecule has 0 radical (unpaired) electrons. The van der Waals surface area contributed by atoms with Crippen LogP contribution in [0.1, 0.15) is 36.2 Å². The quantitative estimate of drug-likeness (QED) is 0.587. The van der Waals surface area contributed by atoms with Gasteiger partial charge in [0.15, 0.2) is 11.6 Å². The van der Waals surface area contributed by atoms with Crippen molar-refractivity contribution in [3.05, 3.63) is 40.7 Å². The second-order valence-corrected chi connectivity index (χ2v) is 8.66. The summed E-state index contributed by atoms with van der Waals surface area (Å²) in [5.74, 6) is 1.03. The van der Waals surface area contributed by atoms with Crippen LogP contribution in [0.3, 0.4) is 0 Å². The van der Waals surface area contributed by atoms with E-state index >= 15 is 0 Å². The Hall–Kier alpha value is -2.68. The van der Waals surface area contributed by atoms with Gasteiger partial charge in [0.05, 0.1) is 27.9 Å². The number of ether oxygens (including phenoxy) is 1. The zero-order valence-corrected chi connectivity index (χ0v) is 18.2. The maximum absolute atomic E-state index is 14.5. The van der Waals surface area contributed by atoms with Crippen molar-refractivity contribution < 1.29 is 9.13 Å². The highest BCUT2D eigenvalue weighted by atomic mass is 32.1. The van der Waals surface area contributed by atoms with Crippen molar-refractivity contribution in [1.29, 1.82) is 0 Å². The predicted molar refractivity (Wildman–Crippen MR) is 114 cm³/mol. The molecule has 1 fully saturated rings. The topological polar surface area (TPSA) is 76.9 Å². The average Bonchev–Trinajstić information content (AvgIpc) is 3.11. The molecule has 0 N–H and O–H groups in total. The van der Waals surface area contributed by atoms with Crippen LogP contribution in [0, 0.1) is 25.6 Å². The third kappa shape index (κ3) is 4.40. The molecular formula is C21H25FN6OS. The van der Waals surface area contributed by atoms with Gasteiger partial charge in [-0.15, -0.1) is 21.5 Å². The number of thiazole rings is 1. The van der Waals surface area contributed by atoms with Gasteiger partial charge < -0.3 is 9.64 Å². The van der Waals surface area contributed by atoms with Gasteiger partial charge in [-0.1, -0.05) is 6.92 Å². The van der Waals surface area contributed by atoms with E-state index in [1.165, 1.54) is 6.33 Å². The number of rotatable bonds is 6. The third-order valence-corrected chi connectivity index (χ3v) is 6.43. The highest BCUT2D eigenvalue weighted by Gasteiger charge is 2.24. The van der Waals surface area contributed by atoms with E-state index in [4.69, 9.17) is 4.74 Å². The number of aromatic nitrogens is 5. The molecule has 0 aromatic carbocycles. The predicted octanol–water partition coefficient (Wildman–Crippen LogP) is 4.00. The van der Waals surface area contributed by atoms with E-state index in [0.29, 0.717) is 36.3 Å². The minimum atomic E-state index is -0.295. The van der Waals surface area contributed by atoms with Gasteiger partial charge in [0.25, 0.3) is 0 Å². The Morgan fingerprint density at radius 3 is 2.60 bits per heavy atom. The van der Waals surface area contributed by atoms with Gasteiger partial charge in [0.1, 0.15) is 12.0 Å². The Morgan fingerprint density at radius 1 is 1.17 bits per heavy atom. The number of halogens is 1. The number of nitrogens with zero attached hydrogens (tertiary/aromatic N) is 6. The van der Waals surface area contributed by atoms with E-state index in [-0.39, 0.29) is 5.82 Å². The van der Waals surface area contributed by atoms with Gasteiger partial charge in [-0.05, 0) is 45.1 Å². The van der Waals surface area contributed by atoms with Crippen LogP contribution in [0.4, 0.5) is 10.2 Å². The zero-order chi connectivity index (χ0) is 21.1. The molecule has 1 aliphatic heterocycles. The van der Waals surface area contributed by atoms with Crippen molar-refractivity contribution in [3.8, 4) is 16.5 Å². The molecule has 1 saturated heterocycles. The summed E-state index contributed by atoms with van der Waals surface area (Å²) in [4.78, 5) is 15.6. The van der Waals surface area contributed by atoms with E-state index in [1.807, 2.05) is 37.8 Å². The van der Waals surface area contributed by atoms with Crippen LogP contribution in [0.2, 0.25) is 0 Å². The Balaban J connectivity index is 1.30. The lowest BCUT2D eigenvalue weighted by atomic mass is 9.98. The number of hydrogen-bond acceptors (Lipinski definition) is 8. The Labute approximate surface area is 179 Å². The SMILES string of the molecule is CCc1ncnc(N2CCC(COc3ccc(-c4sc(C)nc4C)nn3)CC2)c1F. The van der Waals surface area contributed by atoms with E-state index in [0.717, 1.165) is 47.2 Å². The minimum absolute atomic E-state index is 0.295. The van der Waals surface area contributed by atoms with Crippen molar-refractivity contribution in [2.24, 2.45) is 5.92 Å². The third-order valence-electron chi connectivity index (χ3n) is 5.34. The molecule has 0 spiro atoms. The minimum Gasteiger partial charge on any atom is -0.476 e. The summed E-state index contributed by atoms with van der Waals surface area (Å²) >= 11 is 1.62. The molecule has 0 atom stereocenters. The lowest BCUT2D eigenvalue weighted by Gasteiger charge is -2.32. The number of hydrogen-bond donors (Lipinski definition) is 0. The first-order valence-corrected chi connectivity index (χ1v) is 11.0. The molecule has 4 heterocycles. The van der Waals surface area contributed by atoms with E-state index in [1.54, 1.807) is 11.3 Å². The van der Waals surface area contributed by atoms with Crippen molar-refractivity contribution in [2.45, 2.75) is 40.0 Å². The molecule has 3 aromatic heterocycles. The summed E-state index contributed by atoms with van der Waals surface area (Å²) in [6, 6.07) is 3.78. The lowest BCUT2D eigenvalue weighted by Crippen LogP contribution is -2.36. The summed E-state index contributed by atoms with van der Waals surface area (Å²) < 4.78 is 20.4. The molecule has 30 heavy (non-hydrogen) atoms. The lowest BCUT2D eigenvalue weighted by molar-refractivity contribution is 0.214. The van der Waals surface area contributed by atoms with Gasteiger partial charge >= 0.3 is 0 Å². The summed E-state index contributed by atoms with van der Waals surface area (Å²) in [5.41, 5.74) is 2.26. The fourth-order valence-corrected chi connectivity index (χ4v) is 4.55. The first-order valence-electron chi connectivity index (χ1n) is 10.2. The largest absolute Gasteiger partial charge is 0.476 e. The van der Waals surface area contributed by atoms with Gasteiger partial charge in [-0.25, -0.2) is 19.3 Å². The maximum Gasteiger partial charge on any atom is 0.233 e. The molecule has 158 valence electrons. The van der Waals surface area contributed by atoms with Crippen LogP contribution in [-0.2, 0) is 6.42 Å². The summed E-state index contributed by atoms with van der Waals surface area (Å²) in [6.07, 6.45) is 3.84. The molecule has 0 unspecified atom stereocenters. The molecule has 1 aliphatic rings. The van der Waals surface area contributed by atoms with Crippen molar-refractivity contribution in [2.75, 3.05) is 24.6 Å². The average molecular weight is 429 g/mol. The number of aryl methyl sites for hydroxylation is 3. The fourth-order valence-electron chi connectivity index (χ4n) is 3.66. The number of anilines is 1. The maximum atomic E-state index is 14.5. The van der Waals surface area contributed by atoms with Crippen molar-refractivity contribution >= 4 is 17.2 Å². The Kier molecular flexibility index (Phi) is 6.17. The molecule has 0 saturated carbocycles. The van der Waals surface area contributed by atoms with Crippen molar-refractivity contribution in [1.82, 2.24) is 25.1 Å². The number of piperidine rings is 1. The van der Waals surface area contributed by atoms with Gasteiger partial charge in [-0.2, -0.15) is 0 Å². The van der Waals surface area contributed by atoms with Gasteiger partial charge in [0, 0.05) is 19.2 Å². The van der Waals surface area contributed by atoms with Crippen LogP contribution in [0.25, 0.3) is 10.6 Å². The molecule has 0 bridgehead atoms. The highest BCUT2D eigenvalue weighted by molar-refractivity contribution is 7.15. The standard InChI is InChI=1S/C21H25FN6OS/c1-4-16-19(22)21(24-12-23-16)28-9-7-15(8-10-28)11-29-18-6-5-17(26-27-18)20-13(2)25-14(3)30-20/h5-6,12,15H,4,7-11H2,1-3H3. The second-order valence-electron chi connectivity index (χ2n) is 7.46. The van der Waals surface area contributed by atoms with Crippen LogP contribution in [0.15, 0.2) is 18.5 Å². The van der Waals surface area contributed by atoms with Crippen molar-refractivity contribution in [3.63, 3.8) is 0 Å². The zero-order valence-electron chi connectivity index (χ0n) is 17.4. The van der Waals surface area contributed by atoms with Crippen LogP contribution < -0.4 is 9.64 Å². The van der Waals surface area contributed by atoms with E-state index < -0.39 is 0 Å². The van der Waals surface area contributed by atoms with Crippen LogP contribution in [-0.4, -0.2) is 44.8 Å². The summed E-state index contributed by atoms with van der Waals surface area (Å²) in [5, 5.41) is 9.53.